The molecule has 0 aliphatic rings. The lowest BCUT2D eigenvalue weighted by molar-refractivity contribution is 0.414. The van der Waals surface area contributed by atoms with Crippen molar-refractivity contribution in [2.45, 2.75) is 0 Å². The Morgan fingerprint density at radius 3 is 2.73 bits per heavy atom. The number of hydrogen-bond donors (Lipinski definition) is 1. The third-order valence-electron chi connectivity index (χ3n) is 3.32. The summed E-state index contributed by atoms with van der Waals surface area (Å²) >= 11 is 0. The molecule has 0 aliphatic carbocycles. The third kappa shape index (κ3) is 2.59. The average molecular weight is 294 g/mol. The number of fused-ring (bicyclic) bond motifs is 1. The average Bonchev–Trinajstić information content (AvgIpc) is 2.53. The Hall–Kier alpha value is -3.01. The number of rotatable bonds is 3. The predicted octanol–water partition coefficient (Wildman–Crippen LogP) is 3.68. The van der Waals surface area contributed by atoms with Gasteiger partial charge in [0.2, 0.25) is 0 Å². The van der Waals surface area contributed by atoms with Crippen molar-refractivity contribution in [3.8, 4) is 11.5 Å². The minimum atomic E-state index is -0.279. The van der Waals surface area contributed by atoms with Crippen LogP contribution in [0.2, 0.25) is 0 Å². The number of hydrogen-bond acceptors (Lipinski definition) is 4. The van der Waals surface area contributed by atoms with Gasteiger partial charge in [-0.15, -0.1) is 0 Å². The Morgan fingerprint density at radius 1 is 1.09 bits per heavy atom. The molecule has 0 radical (unpaired) electrons. The molecule has 110 valence electrons. The first-order valence-corrected chi connectivity index (χ1v) is 6.76. The quantitative estimate of drug-likeness (QED) is 0.800. The van der Waals surface area contributed by atoms with Crippen LogP contribution in [0.25, 0.3) is 23.1 Å². The summed E-state index contributed by atoms with van der Waals surface area (Å²) in [7, 11) is 1.60. The summed E-state index contributed by atoms with van der Waals surface area (Å²) in [5.41, 5.74) is 0.954. The molecule has 0 spiro atoms. The van der Waals surface area contributed by atoms with E-state index in [1.165, 1.54) is 12.1 Å². The van der Waals surface area contributed by atoms with E-state index in [1.807, 2.05) is 30.3 Å². The molecule has 0 unspecified atom stereocenters. The predicted molar refractivity (Wildman–Crippen MR) is 86.1 cm³/mol. The van der Waals surface area contributed by atoms with Gasteiger partial charge >= 0.3 is 0 Å². The number of benzene rings is 2. The monoisotopic (exact) mass is 294 g/mol. The molecule has 0 aliphatic heterocycles. The SMILES string of the molecule is COc1ccccc1/C=C/c1cc(=O)c2c(O)cccc2o1. The Labute approximate surface area is 126 Å². The normalized spacial score (nSPS) is 11.1. The summed E-state index contributed by atoms with van der Waals surface area (Å²) in [6.45, 7) is 0. The summed E-state index contributed by atoms with van der Waals surface area (Å²) in [5.74, 6) is 1.07. The maximum atomic E-state index is 12.1. The van der Waals surface area contributed by atoms with E-state index in [0.717, 1.165) is 11.3 Å². The van der Waals surface area contributed by atoms with E-state index in [-0.39, 0.29) is 16.6 Å². The van der Waals surface area contributed by atoms with Gasteiger partial charge in [0.25, 0.3) is 0 Å². The van der Waals surface area contributed by atoms with E-state index in [4.69, 9.17) is 9.15 Å². The van der Waals surface area contributed by atoms with Crippen LogP contribution in [-0.2, 0) is 0 Å². The summed E-state index contributed by atoms with van der Waals surface area (Å²) in [6, 6.07) is 13.6. The molecule has 0 bridgehead atoms. The Balaban J connectivity index is 2.05. The third-order valence-corrected chi connectivity index (χ3v) is 3.32. The smallest absolute Gasteiger partial charge is 0.197 e. The van der Waals surface area contributed by atoms with Crippen LogP contribution in [0.4, 0.5) is 0 Å². The summed E-state index contributed by atoms with van der Waals surface area (Å²) in [6.07, 6.45) is 3.51. The van der Waals surface area contributed by atoms with Crippen LogP contribution >= 0.6 is 0 Å². The molecule has 4 nitrogen and oxygen atoms in total. The van der Waals surface area contributed by atoms with Gasteiger partial charge in [0, 0.05) is 11.6 Å². The molecule has 3 aromatic rings. The zero-order chi connectivity index (χ0) is 15.5. The Bertz CT molecular complexity index is 906. The molecule has 0 amide bonds. The molecule has 1 N–H and O–H groups in total. The molecule has 3 rings (SSSR count). The second-order valence-electron chi connectivity index (χ2n) is 4.74. The van der Waals surface area contributed by atoms with E-state index in [9.17, 15) is 9.90 Å². The Morgan fingerprint density at radius 2 is 1.91 bits per heavy atom. The molecule has 0 fully saturated rings. The van der Waals surface area contributed by atoms with Gasteiger partial charge in [-0.05, 0) is 30.4 Å². The highest BCUT2D eigenvalue weighted by atomic mass is 16.5. The molecular weight excluding hydrogens is 280 g/mol. The number of phenolic OH excluding ortho intramolecular Hbond substituents is 1. The lowest BCUT2D eigenvalue weighted by Gasteiger charge is -2.03. The summed E-state index contributed by atoms with van der Waals surface area (Å²) in [4.78, 5) is 12.1. The van der Waals surface area contributed by atoms with Gasteiger partial charge < -0.3 is 14.3 Å². The van der Waals surface area contributed by atoms with Crippen molar-refractivity contribution in [1.29, 1.82) is 0 Å². The van der Waals surface area contributed by atoms with Gasteiger partial charge in [-0.2, -0.15) is 0 Å². The zero-order valence-electron chi connectivity index (χ0n) is 11.9. The van der Waals surface area contributed by atoms with Crippen LogP contribution < -0.4 is 10.2 Å². The molecule has 0 atom stereocenters. The van der Waals surface area contributed by atoms with Crippen molar-refractivity contribution in [3.63, 3.8) is 0 Å². The van der Waals surface area contributed by atoms with Gasteiger partial charge in [0.05, 0.1) is 7.11 Å². The number of phenols is 1. The second-order valence-corrected chi connectivity index (χ2v) is 4.74. The lowest BCUT2D eigenvalue weighted by atomic mass is 10.1. The molecule has 2 aromatic carbocycles. The number of aromatic hydroxyl groups is 1. The fraction of sp³-hybridized carbons (Fsp3) is 0.0556. The number of ether oxygens (including phenoxy) is 1. The van der Waals surface area contributed by atoms with Crippen molar-refractivity contribution in [2.24, 2.45) is 0 Å². The number of methoxy groups -OCH3 is 1. The van der Waals surface area contributed by atoms with Crippen molar-refractivity contribution < 1.29 is 14.3 Å². The summed E-state index contributed by atoms with van der Waals surface area (Å²) in [5, 5.41) is 9.92. The van der Waals surface area contributed by atoms with Crippen LogP contribution in [0.5, 0.6) is 11.5 Å². The topological polar surface area (TPSA) is 59.7 Å². The molecule has 4 heteroatoms. The summed E-state index contributed by atoms with van der Waals surface area (Å²) < 4.78 is 10.9. The van der Waals surface area contributed by atoms with E-state index >= 15 is 0 Å². The van der Waals surface area contributed by atoms with Crippen molar-refractivity contribution in [2.75, 3.05) is 7.11 Å². The van der Waals surface area contributed by atoms with Gasteiger partial charge in [-0.25, -0.2) is 0 Å². The highest BCUT2D eigenvalue weighted by molar-refractivity contribution is 5.84. The highest BCUT2D eigenvalue weighted by Crippen LogP contribution is 2.23. The van der Waals surface area contributed by atoms with E-state index < -0.39 is 0 Å². The first kappa shape index (κ1) is 13.9. The molecular formula is C18H14O4. The minimum Gasteiger partial charge on any atom is -0.507 e. The minimum absolute atomic E-state index is 0.0773. The van der Waals surface area contributed by atoms with Gasteiger partial charge in [-0.3, -0.25) is 4.79 Å². The fourth-order valence-corrected chi connectivity index (χ4v) is 2.27. The number of para-hydroxylation sites is 1. The second kappa shape index (κ2) is 5.77. The molecule has 0 saturated heterocycles. The van der Waals surface area contributed by atoms with Gasteiger partial charge in [-0.1, -0.05) is 24.3 Å². The zero-order valence-corrected chi connectivity index (χ0v) is 11.9. The van der Waals surface area contributed by atoms with Crippen molar-refractivity contribution >= 4 is 23.1 Å². The Kier molecular flexibility index (Phi) is 3.66. The van der Waals surface area contributed by atoms with Crippen LogP contribution in [0.1, 0.15) is 11.3 Å². The van der Waals surface area contributed by atoms with Crippen LogP contribution in [0, 0.1) is 0 Å². The lowest BCUT2D eigenvalue weighted by Crippen LogP contribution is -2.00. The van der Waals surface area contributed by atoms with Crippen molar-refractivity contribution in [3.05, 3.63) is 70.1 Å². The van der Waals surface area contributed by atoms with E-state index in [1.54, 1.807) is 25.3 Å². The van der Waals surface area contributed by atoms with Gasteiger partial charge in [0.15, 0.2) is 5.43 Å². The first-order valence-electron chi connectivity index (χ1n) is 6.76. The van der Waals surface area contributed by atoms with Crippen molar-refractivity contribution in [1.82, 2.24) is 0 Å². The highest BCUT2D eigenvalue weighted by Gasteiger charge is 2.07. The fourth-order valence-electron chi connectivity index (χ4n) is 2.27. The van der Waals surface area contributed by atoms with Gasteiger partial charge in [0.1, 0.15) is 28.2 Å². The molecule has 1 aromatic heterocycles. The van der Waals surface area contributed by atoms with E-state index in [2.05, 4.69) is 0 Å². The molecule has 1 heterocycles. The first-order chi connectivity index (χ1) is 10.7. The standard InChI is InChI=1S/C18H14O4/c1-21-16-7-3-2-5-12(16)9-10-13-11-15(20)18-14(19)6-4-8-17(18)22-13/h2-11,19H,1H3/b10-9+. The maximum absolute atomic E-state index is 12.1. The molecule has 0 saturated carbocycles. The van der Waals surface area contributed by atoms with Crippen LogP contribution in [-0.4, -0.2) is 12.2 Å². The van der Waals surface area contributed by atoms with E-state index in [0.29, 0.717) is 11.3 Å². The molecule has 22 heavy (non-hydrogen) atoms. The largest absolute Gasteiger partial charge is 0.507 e. The maximum Gasteiger partial charge on any atom is 0.197 e. The van der Waals surface area contributed by atoms with Crippen LogP contribution in [0.3, 0.4) is 0 Å². The van der Waals surface area contributed by atoms with Crippen LogP contribution in [0.15, 0.2) is 57.7 Å².